The molecule has 5 atom stereocenters. The highest BCUT2D eigenvalue weighted by Crippen LogP contribution is 2.65. The summed E-state index contributed by atoms with van der Waals surface area (Å²) in [6, 6.07) is 4.76. The van der Waals surface area contributed by atoms with Gasteiger partial charge in [-0.25, -0.2) is 9.59 Å². The van der Waals surface area contributed by atoms with Crippen molar-refractivity contribution in [3.63, 3.8) is 0 Å². The fraction of sp³-hybridized carbons (Fsp3) is 0.719. The van der Waals surface area contributed by atoms with Crippen LogP contribution in [-0.4, -0.2) is 74.4 Å². The molecule has 4 fully saturated rings. The Morgan fingerprint density at radius 1 is 1.09 bits per heavy atom. The molecule has 46 heavy (non-hydrogen) atoms. The monoisotopic (exact) mass is 655 g/mol. The zero-order valence-corrected chi connectivity index (χ0v) is 27.6. The molecule has 1 N–H and O–H groups in total. The Hall–Kier alpha value is -2.84. The van der Waals surface area contributed by atoms with Gasteiger partial charge < -0.3 is 33.6 Å². The molecule has 5 rings (SSSR count). The van der Waals surface area contributed by atoms with Gasteiger partial charge in [0.25, 0.3) is 0 Å². The molecule has 1 aromatic carbocycles. The smallest absolute Gasteiger partial charge is 0.482 e. The zero-order valence-electron chi connectivity index (χ0n) is 27.6. The van der Waals surface area contributed by atoms with Crippen molar-refractivity contribution in [1.29, 1.82) is 0 Å². The Kier molecular flexibility index (Phi) is 10.7. The van der Waals surface area contributed by atoms with E-state index in [1.807, 2.05) is 6.92 Å². The van der Waals surface area contributed by atoms with Gasteiger partial charge in [0.05, 0.1) is 30.7 Å². The van der Waals surface area contributed by atoms with Crippen LogP contribution in [0.4, 0.5) is 13.2 Å². The molecule has 256 valence electrons. The number of ether oxygens (including phenoxy) is 4. The lowest BCUT2D eigenvalue weighted by atomic mass is 9.43. The first-order valence-electron chi connectivity index (χ1n) is 15.8. The van der Waals surface area contributed by atoms with Gasteiger partial charge in [0.1, 0.15) is 11.3 Å². The number of carbonyl (C=O) groups is 3. The minimum atomic E-state index is -4.49. The van der Waals surface area contributed by atoms with Crippen LogP contribution >= 0.6 is 0 Å². The Morgan fingerprint density at radius 3 is 2.43 bits per heavy atom. The van der Waals surface area contributed by atoms with Crippen LogP contribution in [0.3, 0.4) is 0 Å². The topological polar surface area (TPSA) is 119 Å². The van der Waals surface area contributed by atoms with E-state index < -0.39 is 67.9 Å². The number of benzene rings is 1. The molecule has 1 heterocycles. The standard InChI is InChI=1S/C32H45BF3NO9/c1-8-41-26-19(11-10-12-21(26)27(39)42-18-43-28(40)30(5,6)44-9-2)15-24(37-25(38)13-14-32(34,35)36)33-45-23-17-20-16-22(29(20,3)4)31(23,7)46-33/h10-12,20,22-24H,8-9,13-18H2,1-7H3,(H,37,38). The summed E-state index contributed by atoms with van der Waals surface area (Å²) in [5.74, 6) is -2.38. The number of halogens is 3. The van der Waals surface area contributed by atoms with Gasteiger partial charge in [-0.1, -0.05) is 26.0 Å². The van der Waals surface area contributed by atoms with E-state index in [9.17, 15) is 27.6 Å². The second-order valence-electron chi connectivity index (χ2n) is 13.5. The molecule has 0 aromatic heterocycles. The largest absolute Gasteiger partial charge is 0.493 e. The summed E-state index contributed by atoms with van der Waals surface area (Å²) in [7, 11) is -0.946. The number of nitrogens with one attached hydrogen (secondary N) is 1. The van der Waals surface area contributed by atoms with Gasteiger partial charge in [-0.15, -0.1) is 0 Å². The lowest BCUT2D eigenvalue weighted by molar-refractivity contribution is -0.199. The third kappa shape index (κ3) is 7.65. The van der Waals surface area contributed by atoms with Gasteiger partial charge in [-0.05, 0) is 82.8 Å². The molecule has 10 nitrogen and oxygen atoms in total. The second kappa shape index (κ2) is 13.7. The van der Waals surface area contributed by atoms with Crippen molar-refractivity contribution in [3.05, 3.63) is 29.3 Å². The number of rotatable bonds is 14. The van der Waals surface area contributed by atoms with Gasteiger partial charge in [0.15, 0.2) is 5.60 Å². The zero-order chi connectivity index (χ0) is 34.1. The molecule has 4 aliphatic rings. The molecule has 0 spiro atoms. The first-order valence-corrected chi connectivity index (χ1v) is 15.8. The molecule has 3 aliphatic carbocycles. The Morgan fingerprint density at radius 2 is 1.80 bits per heavy atom. The first-order chi connectivity index (χ1) is 21.4. The van der Waals surface area contributed by atoms with Crippen molar-refractivity contribution in [1.82, 2.24) is 5.32 Å². The average molecular weight is 656 g/mol. The lowest BCUT2D eigenvalue weighted by Gasteiger charge is -2.64. The van der Waals surface area contributed by atoms with Crippen LogP contribution in [-0.2, 0) is 39.5 Å². The van der Waals surface area contributed by atoms with Crippen LogP contribution in [0.25, 0.3) is 0 Å². The van der Waals surface area contributed by atoms with E-state index in [0.29, 0.717) is 11.5 Å². The van der Waals surface area contributed by atoms with Gasteiger partial charge in [0, 0.05) is 13.0 Å². The third-order valence-electron chi connectivity index (χ3n) is 9.70. The molecule has 1 aliphatic heterocycles. The van der Waals surface area contributed by atoms with E-state index in [1.54, 1.807) is 26.0 Å². The second-order valence-corrected chi connectivity index (χ2v) is 13.5. The molecule has 2 bridgehead atoms. The van der Waals surface area contributed by atoms with Crippen molar-refractivity contribution < 1.29 is 55.8 Å². The lowest BCUT2D eigenvalue weighted by Crippen LogP contribution is -2.65. The first kappa shape index (κ1) is 36.0. The van der Waals surface area contributed by atoms with E-state index in [-0.39, 0.29) is 48.4 Å². The maximum atomic E-state index is 13.1. The van der Waals surface area contributed by atoms with Gasteiger partial charge in [0.2, 0.25) is 12.7 Å². The molecule has 14 heteroatoms. The highest BCUT2D eigenvalue weighted by Gasteiger charge is 2.68. The van der Waals surface area contributed by atoms with Crippen LogP contribution in [0.15, 0.2) is 18.2 Å². The molecule has 5 unspecified atom stereocenters. The van der Waals surface area contributed by atoms with E-state index in [1.165, 1.54) is 19.9 Å². The summed E-state index contributed by atoms with van der Waals surface area (Å²) in [5.41, 5.74) is -1.28. The van der Waals surface area contributed by atoms with Crippen molar-refractivity contribution >= 4 is 25.0 Å². The number of amides is 1. The minimum Gasteiger partial charge on any atom is -0.493 e. The molecule has 1 saturated heterocycles. The van der Waals surface area contributed by atoms with E-state index >= 15 is 0 Å². The van der Waals surface area contributed by atoms with Crippen LogP contribution in [0, 0.1) is 17.3 Å². The van der Waals surface area contributed by atoms with E-state index in [0.717, 1.165) is 12.8 Å². The summed E-state index contributed by atoms with van der Waals surface area (Å²) >= 11 is 0. The summed E-state index contributed by atoms with van der Waals surface area (Å²) in [5, 5.41) is 2.72. The summed E-state index contributed by atoms with van der Waals surface area (Å²) in [6.45, 7) is 12.7. The van der Waals surface area contributed by atoms with E-state index in [4.69, 9.17) is 28.3 Å². The van der Waals surface area contributed by atoms with Crippen molar-refractivity contribution in [2.45, 2.75) is 110 Å². The van der Waals surface area contributed by atoms with Crippen molar-refractivity contribution in [2.24, 2.45) is 17.3 Å². The normalized spacial score (nSPS) is 25.6. The number of hydrogen-bond donors (Lipinski definition) is 1. The number of alkyl halides is 3. The number of esters is 2. The number of para-hydroxylation sites is 1. The Bertz CT molecular complexity index is 1290. The van der Waals surface area contributed by atoms with Gasteiger partial charge in [-0.2, -0.15) is 13.2 Å². The fourth-order valence-corrected chi connectivity index (χ4v) is 7.09. The quantitative estimate of drug-likeness (QED) is 0.164. The Labute approximate surface area is 268 Å². The SMILES string of the molecule is CCOc1c(CC(NC(=O)CCC(F)(F)F)B2OC3CC4CC(C4(C)C)C3(C)O2)cccc1C(=O)OCOC(=O)C(C)(C)OCC. The van der Waals surface area contributed by atoms with Crippen molar-refractivity contribution in [2.75, 3.05) is 20.0 Å². The van der Waals surface area contributed by atoms with Crippen LogP contribution in [0.1, 0.15) is 90.1 Å². The van der Waals surface area contributed by atoms with Crippen molar-refractivity contribution in [3.8, 4) is 5.75 Å². The predicted molar refractivity (Wildman–Crippen MR) is 161 cm³/mol. The molecule has 1 amide bonds. The highest BCUT2D eigenvalue weighted by atomic mass is 19.4. The van der Waals surface area contributed by atoms with Crippen LogP contribution in [0.5, 0.6) is 5.75 Å². The summed E-state index contributed by atoms with van der Waals surface area (Å²) in [4.78, 5) is 38.2. The summed E-state index contributed by atoms with van der Waals surface area (Å²) < 4.78 is 73.3. The molecular formula is C32H45BF3NO9. The molecule has 1 aromatic rings. The predicted octanol–water partition coefficient (Wildman–Crippen LogP) is 5.20. The van der Waals surface area contributed by atoms with Crippen LogP contribution in [0.2, 0.25) is 0 Å². The maximum Gasteiger partial charge on any atom is 0.482 e. The third-order valence-corrected chi connectivity index (χ3v) is 9.70. The van der Waals surface area contributed by atoms with Gasteiger partial charge >= 0.3 is 25.2 Å². The van der Waals surface area contributed by atoms with Crippen LogP contribution < -0.4 is 10.1 Å². The fourth-order valence-electron chi connectivity index (χ4n) is 7.09. The summed E-state index contributed by atoms with van der Waals surface area (Å²) in [6.07, 6.45) is -4.95. The average Bonchev–Trinajstić information content (AvgIpc) is 3.33. The maximum absolute atomic E-state index is 13.1. The Balaban J connectivity index is 1.54. The minimum absolute atomic E-state index is 0.0245. The number of carbonyl (C=O) groups excluding carboxylic acids is 3. The number of hydrogen-bond acceptors (Lipinski definition) is 9. The van der Waals surface area contributed by atoms with E-state index in [2.05, 4.69) is 19.2 Å². The molecule has 3 saturated carbocycles. The van der Waals surface area contributed by atoms with Gasteiger partial charge in [-0.3, -0.25) is 4.79 Å². The molecule has 0 radical (unpaired) electrons. The molecular weight excluding hydrogens is 610 g/mol. The highest BCUT2D eigenvalue weighted by molar-refractivity contribution is 6.48.